The van der Waals surface area contributed by atoms with Gasteiger partial charge in [-0.2, -0.15) is 8.61 Å². The van der Waals surface area contributed by atoms with Crippen LogP contribution < -0.4 is 14.5 Å². The summed E-state index contributed by atoms with van der Waals surface area (Å²) in [5.74, 6) is 0.847. The molecule has 8 rings (SSSR count). The molecular formula is C42H44Br2N6O5S4. The molecule has 2 aliphatic rings. The Balaban J connectivity index is 0.000000179. The molecule has 0 atom stereocenters. The normalized spacial score (nSPS) is 15.5. The van der Waals surface area contributed by atoms with Crippen molar-refractivity contribution in [2.24, 2.45) is 0 Å². The van der Waals surface area contributed by atoms with Gasteiger partial charge in [0.15, 0.2) is 10.3 Å². The predicted molar refractivity (Wildman–Crippen MR) is 246 cm³/mol. The van der Waals surface area contributed by atoms with Crippen molar-refractivity contribution < 1.29 is 21.6 Å². The first-order valence-corrected chi connectivity index (χ1v) is 25.4. The first-order valence-electron chi connectivity index (χ1n) is 19.2. The second-order valence-corrected chi connectivity index (χ2v) is 21.1. The highest BCUT2D eigenvalue weighted by Gasteiger charge is 2.31. The second kappa shape index (κ2) is 19.4. The molecule has 0 amide bonds. The van der Waals surface area contributed by atoms with Gasteiger partial charge in [-0.05, 0) is 91.7 Å². The summed E-state index contributed by atoms with van der Waals surface area (Å²) in [5, 5.41) is 5.97. The van der Waals surface area contributed by atoms with Crippen LogP contribution in [0, 0.1) is 0 Å². The minimum absolute atomic E-state index is 0.325. The third-order valence-electron chi connectivity index (χ3n) is 10.0. The van der Waals surface area contributed by atoms with Crippen molar-refractivity contribution in [3.8, 4) is 28.3 Å². The van der Waals surface area contributed by atoms with Gasteiger partial charge in [0.1, 0.15) is 5.75 Å². The molecule has 6 aromatic rings. The van der Waals surface area contributed by atoms with Gasteiger partial charge in [-0.3, -0.25) is 0 Å². The van der Waals surface area contributed by atoms with Crippen molar-refractivity contribution in [3.05, 3.63) is 122 Å². The van der Waals surface area contributed by atoms with Crippen LogP contribution in [-0.2, 0) is 26.5 Å². The van der Waals surface area contributed by atoms with Gasteiger partial charge < -0.3 is 14.5 Å². The van der Waals surface area contributed by atoms with Gasteiger partial charge in [0.05, 0.1) is 27.8 Å². The highest BCUT2D eigenvalue weighted by molar-refractivity contribution is 9.10. The van der Waals surface area contributed by atoms with E-state index in [0.717, 1.165) is 53.9 Å². The van der Waals surface area contributed by atoms with E-state index in [2.05, 4.69) is 78.2 Å². The zero-order valence-corrected chi connectivity index (χ0v) is 39.0. The Bertz CT molecular complexity index is 2520. The smallest absolute Gasteiger partial charge is 0.243 e. The predicted octanol–water partition coefficient (Wildman–Crippen LogP) is 9.13. The minimum atomic E-state index is -3.47. The van der Waals surface area contributed by atoms with Crippen LogP contribution in [-0.4, -0.2) is 94.4 Å². The van der Waals surface area contributed by atoms with Gasteiger partial charge >= 0.3 is 0 Å². The lowest BCUT2D eigenvalue weighted by Gasteiger charge is -2.33. The van der Waals surface area contributed by atoms with E-state index in [1.54, 1.807) is 79.8 Å². The summed E-state index contributed by atoms with van der Waals surface area (Å²) < 4.78 is 61.8. The zero-order valence-electron chi connectivity index (χ0n) is 32.6. The number of sulfonamides is 2. The number of nitrogens with zero attached hydrogens (tertiary/aromatic N) is 6. The third kappa shape index (κ3) is 10.4. The van der Waals surface area contributed by atoms with Gasteiger partial charge in [-0.25, -0.2) is 26.8 Å². The van der Waals surface area contributed by atoms with E-state index in [4.69, 9.17) is 14.7 Å². The number of hydrogen-bond donors (Lipinski definition) is 0. The van der Waals surface area contributed by atoms with Crippen molar-refractivity contribution in [1.29, 1.82) is 0 Å². The van der Waals surface area contributed by atoms with Crippen molar-refractivity contribution in [1.82, 2.24) is 18.6 Å². The average molecular weight is 1000 g/mol. The van der Waals surface area contributed by atoms with E-state index in [1.165, 1.54) is 5.56 Å². The molecule has 0 N–H and O–H groups in total. The number of aryl methyl sites for hydroxylation is 1. The Morgan fingerprint density at radius 2 is 0.949 bits per heavy atom. The third-order valence-corrected chi connectivity index (χ3v) is 16.7. The maximum absolute atomic E-state index is 12.9. The molecule has 2 aromatic heterocycles. The van der Waals surface area contributed by atoms with Crippen LogP contribution in [0.4, 0.5) is 10.3 Å². The standard InChI is InChI=1S/C21H22BrN3O3S2.C21H22BrN3O2S2/c1-2-28-18-7-3-16(4-8-18)20-15-29-21(23-20)24-11-13-25(14-12-24)30(26,27)19-9-5-17(22)6-10-19;1-2-16-3-5-17(6-4-16)20-15-28-21(23-20)24-11-13-25(14-12-24)29(26,27)19-9-7-18(22)8-10-19/h3-10,15H,2,11-14H2,1H3;3-10,15H,2,11-14H2,1H3. The number of thiazole rings is 2. The van der Waals surface area contributed by atoms with Crippen LogP contribution in [0.25, 0.3) is 22.5 Å². The number of ether oxygens (including phenoxy) is 1. The first-order chi connectivity index (χ1) is 28.4. The molecule has 0 bridgehead atoms. The molecule has 0 unspecified atom stereocenters. The summed E-state index contributed by atoms with van der Waals surface area (Å²) in [7, 11) is -6.93. The summed E-state index contributed by atoms with van der Waals surface area (Å²) in [6, 6.07) is 30.0. The first kappa shape index (κ1) is 43.4. The number of rotatable bonds is 11. The second-order valence-electron chi connectivity index (χ2n) is 13.7. The van der Waals surface area contributed by atoms with Crippen LogP contribution in [0.5, 0.6) is 5.75 Å². The Morgan fingerprint density at radius 3 is 1.32 bits per heavy atom. The van der Waals surface area contributed by atoms with Crippen LogP contribution in [0.1, 0.15) is 19.4 Å². The fourth-order valence-corrected chi connectivity index (χ4v) is 11.8. The molecule has 0 spiro atoms. The van der Waals surface area contributed by atoms with E-state index < -0.39 is 20.0 Å². The van der Waals surface area contributed by atoms with E-state index in [9.17, 15) is 16.8 Å². The fraction of sp³-hybridized carbons (Fsp3) is 0.286. The number of anilines is 2. The molecule has 11 nitrogen and oxygen atoms in total. The Hall–Kier alpha value is -3.68. The molecule has 4 aromatic carbocycles. The maximum atomic E-state index is 12.9. The lowest BCUT2D eigenvalue weighted by Crippen LogP contribution is -2.48. The van der Waals surface area contributed by atoms with Crippen LogP contribution in [0.15, 0.2) is 127 Å². The number of hydrogen-bond acceptors (Lipinski definition) is 11. The quantitative estimate of drug-likeness (QED) is 0.125. The fourth-order valence-electron chi connectivity index (χ4n) is 6.63. The number of piperazine rings is 2. The van der Waals surface area contributed by atoms with Crippen LogP contribution in [0.3, 0.4) is 0 Å². The lowest BCUT2D eigenvalue weighted by molar-refractivity contribution is 0.340. The Morgan fingerprint density at radius 1 is 0.559 bits per heavy atom. The van der Waals surface area contributed by atoms with Crippen molar-refractivity contribution in [2.45, 2.75) is 30.1 Å². The molecule has 59 heavy (non-hydrogen) atoms. The van der Waals surface area contributed by atoms with Gasteiger partial charge in [-0.15, -0.1) is 22.7 Å². The van der Waals surface area contributed by atoms with Crippen molar-refractivity contribution >= 4 is 84.8 Å². The molecule has 2 aliphatic heterocycles. The lowest BCUT2D eigenvalue weighted by atomic mass is 10.1. The minimum Gasteiger partial charge on any atom is -0.494 e. The molecule has 0 aliphatic carbocycles. The summed E-state index contributed by atoms with van der Waals surface area (Å²) >= 11 is 9.88. The Kier molecular flexibility index (Phi) is 14.2. The molecule has 0 saturated carbocycles. The van der Waals surface area contributed by atoms with Crippen LogP contribution in [0.2, 0.25) is 0 Å². The highest BCUT2D eigenvalue weighted by Crippen LogP contribution is 2.32. The largest absolute Gasteiger partial charge is 0.494 e. The summed E-state index contributed by atoms with van der Waals surface area (Å²) in [6.45, 7) is 9.05. The number of halogens is 2. The average Bonchev–Trinajstić information content (AvgIpc) is 3.97. The summed E-state index contributed by atoms with van der Waals surface area (Å²) in [4.78, 5) is 14.5. The number of benzene rings is 4. The van der Waals surface area contributed by atoms with E-state index >= 15 is 0 Å². The summed E-state index contributed by atoms with van der Waals surface area (Å²) in [5.41, 5.74) is 5.35. The van der Waals surface area contributed by atoms with E-state index in [1.807, 2.05) is 36.6 Å². The molecule has 2 fully saturated rings. The number of aromatic nitrogens is 2. The van der Waals surface area contributed by atoms with Crippen molar-refractivity contribution in [2.75, 3.05) is 68.8 Å². The van der Waals surface area contributed by atoms with E-state index in [0.29, 0.717) is 68.8 Å². The molecular weight excluding hydrogens is 957 g/mol. The SMILES string of the molecule is CCOc1ccc(-c2csc(N3CCN(S(=O)(=O)c4ccc(Br)cc4)CC3)n2)cc1.CCc1ccc(-c2csc(N3CCN(S(=O)(=O)c4ccc(Br)cc4)CC3)n2)cc1. The molecule has 310 valence electrons. The molecule has 17 heteroatoms. The Labute approximate surface area is 371 Å². The van der Waals surface area contributed by atoms with Crippen molar-refractivity contribution in [3.63, 3.8) is 0 Å². The summed E-state index contributed by atoms with van der Waals surface area (Å²) in [6.07, 6.45) is 1.02. The zero-order chi connectivity index (χ0) is 41.6. The monoisotopic (exact) mass is 998 g/mol. The molecule has 4 heterocycles. The van der Waals surface area contributed by atoms with E-state index in [-0.39, 0.29) is 0 Å². The topological polar surface area (TPSA) is 116 Å². The van der Waals surface area contributed by atoms with Gasteiger partial charge in [0.25, 0.3) is 0 Å². The highest BCUT2D eigenvalue weighted by atomic mass is 79.9. The maximum Gasteiger partial charge on any atom is 0.243 e. The van der Waals surface area contributed by atoms with Gasteiger partial charge in [0.2, 0.25) is 20.0 Å². The van der Waals surface area contributed by atoms with Gasteiger partial charge in [0, 0.05) is 83.2 Å². The van der Waals surface area contributed by atoms with Crippen LogP contribution >= 0.6 is 54.5 Å². The van der Waals surface area contributed by atoms with Gasteiger partial charge in [-0.1, -0.05) is 63.0 Å². The molecule has 0 radical (unpaired) electrons. The molecule has 2 saturated heterocycles.